The van der Waals surface area contributed by atoms with Crippen molar-refractivity contribution < 1.29 is 4.74 Å². The van der Waals surface area contributed by atoms with Gasteiger partial charge in [0, 0.05) is 20.2 Å². The van der Waals surface area contributed by atoms with Crippen molar-refractivity contribution in [3.8, 4) is 0 Å². The van der Waals surface area contributed by atoms with Gasteiger partial charge >= 0.3 is 0 Å². The van der Waals surface area contributed by atoms with E-state index >= 15 is 0 Å². The first-order valence-electron chi connectivity index (χ1n) is 6.19. The number of rotatable bonds is 6. The van der Waals surface area contributed by atoms with Gasteiger partial charge in [-0.1, -0.05) is 0 Å². The fraction of sp³-hybridized carbons (Fsp3) is 0.615. The minimum Gasteiger partial charge on any atom is -0.397 e. The zero-order valence-corrected chi connectivity index (χ0v) is 10.6. The van der Waals surface area contributed by atoms with E-state index < -0.39 is 0 Å². The Hall–Kier alpha value is -1.29. The van der Waals surface area contributed by atoms with E-state index in [0.717, 1.165) is 42.9 Å². The lowest BCUT2D eigenvalue weighted by Gasteiger charge is -2.18. The van der Waals surface area contributed by atoms with Gasteiger partial charge in [-0.05, 0) is 37.8 Å². The smallest absolute Gasteiger partial charge is 0.128 e. The van der Waals surface area contributed by atoms with Gasteiger partial charge < -0.3 is 15.4 Å². The zero-order valence-electron chi connectivity index (χ0n) is 10.6. The molecule has 0 aliphatic heterocycles. The molecule has 1 aromatic rings. The van der Waals surface area contributed by atoms with Crippen LogP contribution >= 0.6 is 0 Å². The normalized spacial score (nSPS) is 14.9. The van der Waals surface area contributed by atoms with Gasteiger partial charge in [-0.2, -0.15) is 0 Å². The molecule has 1 aliphatic rings. The Bertz CT molecular complexity index is 377. The van der Waals surface area contributed by atoms with Crippen molar-refractivity contribution in [2.45, 2.75) is 19.8 Å². The van der Waals surface area contributed by atoms with Crippen LogP contribution in [-0.4, -0.2) is 31.8 Å². The Morgan fingerprint density at radius 1 is 1.47 bits per heavy atom. The molecule has 0 aromatic carbocycles. The van der Waals surface area contributed by atoms with Crippen molar-refractivity contribution in [2.24, 2.45) is 5.92 Å². The third-order valence-corrected chi connectivity index (χ3v) is 3.12. The number of aromatic nitrogens is 1. The van der Waals surface area contributed by atoms with Crippen LogP contribution in [0.3, 0.4) is 0 Å². The lowest BCUT2D eigenvalue weighted by molar-refractivity contribution is 0.131. The molecule has 2 N–H and O–H groups in total. The summed E-state index contributed by atoms with van der Waals surface area (Å²) in [5.41, 5.74) is 7.37. The Kier molecular flexibility index (Phi) is 3.84. The van der Waals surface area contributed by atoms with Crippen LogP contribution < -0.4 is 10.6 Å². The first-order valence-corrected chi connectivity index (χ1v) is 6.19. The third kappa shape index (κ3) is 3.60. The molecule has 4 heteroatoms. The SMILES string of the molecule is Cc1nc(N(C)CCOCC2CC2)ccc1N. The van der Waals surface area contributed by atoms with Crippen LogP contribution in [0.25, 0.3) is 0 Å². The fourth-order valence-electron chi connectivity index (χ4n) is 1.62. The molecule has 1 aliphatic carbocycles. The molecular weight excluding hydrogens is 214 g/mol. The average molecular weight is 235 g/mol. The second kappa shape index (κ2) is 5.36. The second-order valence-electron chi connectivity index (χ2n) is 4.78. The van der Waals surface area contributed by atoms with Crippen molar-refractivity contribution in [1.82, 2.24) is 4.98 Å². The number of nitrogen functional groups attached to an aromatic ring is 1. The highest BCUT2D eigenvalue weighted by Gasteiger charge is 2.20. The number of ether oxygens (including phenoxy) is 1. The van der Waals surface area contributed by atoms with E-state index in [0.29, 0.717) is 0 Å². The van der Waals surface area contributed by atoms with Gasteiger partial charge in [0.25, 0.3) is 0 Å². The number of nitrogens with two attached hydrogens (primary N) is 1. The van der Waals surface area contributed by atoms with Crippen molar-refractivity contribution >= 4 is 11.5 Å². The van der Waals surface area contributed by atoms with E-state index in [1.807, 2.05) is 26.1 Å². The van der Waals surface area contributed by atoms with E-state index in [9.17, 15) is 0 Å². The highest BCUT2D eigenvalue weighted by atomic mass is 16.5. The topological polar surface area (TPSA) is 51.4 Å². The predicted molar refractivity (Wildman–Crippen MR) is 70.2 cm³/mol. The van der Waals surface area contributed by atoms with Crippen LogP contribution in [0, 0.1) is 12.8 Å². The van der Waals surface area contributed by atoms with E-state index in [4.69, 9.17) is 10.5 Å². The first kappa shape index (κ1) is 12.2. The Labute approximate surface area is 103 Å². The monoisotopic (exact) mass is 235 g/mol. The van der Waals surface area contributed by atoms with Gasteiger partial charge in [-0.15, -0.1) is 0 Å². The quantitative estimate of drug-likeness (QED) is 0.764. The number of nitrogens with zero attached hydrogens (tertiary/aromatic N) is 2. The van der Waals surface area contributed by atoms with Crippen molar-refractivity contribution in [3.05, 3.63) is 17.8 Å². The summed E-state index contributed by atoms with van der Waals surface area (Å²) in [7, 11) is 2.03. The average Bonchev–Trinajstić information content (AvgIpc) is 3.12. The molecule has 1 aromatic heterocycles. The number of pyridine rings is 1. The molecular formula is C13H21N3O. The summed E-state index contributed by atoms with van der Waals surface area (Å²) in [5.74, 6) is 1.78. The lowest BCUT2D eigenvalue weighted by Crippen LogP contribution is -2.24. The third-order valence-electron chi connectivity index (χ3n) is 3.12. The molecule has 94 valence electrons. The van der Waals surface area contributed by atoms with Crippen LogP contribution in [0.1, 0.15) is 18.5 Å². The summed E-state index contributed by atoms with van der Waals surface area (Å²) in [6.45, 7) is 4.47. The van der Waals surface area contributed by atoms with Gasteiger partial charge in [-0.25, -0.2) is 4.98 Å². The van der Waals surface area contributed by atoms with Gasteiger partial charge in [0.15, 0.2) is 0 Å². The summed E-state index contributed by atoms with van der Waals surface area (Å²) in [5, 5.41) is 0. The van der Waals surface area contributed by atoms with Crippen LogP contribution in [0.2, 0.25) is 0 Å². The molecule has 2 rings (SSSR count). The molecule has 0 amide bonds. The maximum Gasteiger partial charge on any atom is 0.128 e. The second-order valence-corrected chi connectivity index (χ2v) is 4.78. The minimum atomic E-state index is 0.743. The van der Waals surface area contributed by atoms with Crippen LogP contribution in [0.4, 0.5) is 11.5 Å². The number of hydrogen-bond donors (Lipinski definition) is 1. The van der Waals surface area contributed by atoms with E-state index in [-0.39, 0.29) is 0 Å². The molecule has 0 radical (unpaired) electrons. The van der Waals surface area contributed by atoms with Gasteiger partial charge in [0.05, 0.1) is 18.0 Å². The number of likely N-dealkylation sites (N-methyl/N-ethyl adjacent to an activating group) is 1. The zero-order chi connectivity index (χ0) is 12.3. The first-order chi connectivity index (χ1) is 8.16. The molecule has 0 bridgehead atoms. The Morgan fingerprint density at radius 2 is 2.24 bits per heavy atom. The number of hydrogen-bond acceptors (Lipinski definition) is 4. The Balaban J connectivity index is 1.76. The Morgan fingerprint density at radius 3 is 2.88 bits per heavy atom. The standard InChI is InChI=1S/C13H21N3O/c1-10-12(14)5-6-13(15-10)16(2)7-8-17-9-11-3-4-11/h5-6,11H,3-4,7-9,14H2,1-2H3. The maximum atomic E-state index is 5.75. The minimum absolute atomic E-state index is 0.743. The highest BCUT2D eigenvalue weighted by Crippen LogP contribution is 2.28. The van der Waals surface area contributed by atoms with Gasteiger partial charge in [0.1, 0.15) is 5.82 Å². The molecule has 0 saturated heterocycles. The summed E-state index contributed by atoms with van der Waals surface area (Å²) in [6, 6.07) is 3.85. The lowest BCUT2D eigenvalue weighted by atomic mass is 10.3. The van der Waals surface area contributed by atoms with E-state index in [2.05, 4.69) is 9.88 Å². The summed E-state index contributed by atoms with van der Waals surface area (Å²) >= 11 is 0. The summed E-state index contributed by atoms with van der Waals surface area (Å²) < 4.78 is 5.61. The van der Waals surface area contributed by atoms with Crippen molar-refractivity contribution in [1.29, 1.82) is 0 Å². The number of anilines is 2. The highest BCUT2D eigenvalue weighted by molar-refractivity contribution is 5.49. The molecule has 1 heterocycles. The summed E-state index contributed by atoms with van der Waals surface area (Å²) in [4.78, 5) is 6.54. The summed E-state index contributed by atoms with van der Waals surface area (Å²) in [6.07, 6.45) is 2.68. The molecule has 17 heavy (non-hydrogen) atoms. The predicted octanol–water partition coefficient (Wildman–Crippen LogP) is 1.84. The molecule has 4 nitrogen and oxygen atoms in total. The van der Waals surface area contributed by atoms with E-state index in [1.54, 1.807) is 0 Å². The number of aryl methyl sites for hydroxylation is 1. The fourth-order valence-corrected chi connectivity index (χ4v) is 1.62. The van der Waals surface area contributed by atoms with Crippen molar-refractivity contribution in [3.63, 3.8) is 0 Å². The van der Waals surface area contributed by atoms with Crippen LogP contribution in [0.5, 0.6) is 0 Å². The molecule has 1 saturated carbocycles. The molecule has 0 unspecified atom stereocenters. The van der Waals surface area contributed by atoms with Crippen LogP contribution in [0.15, 0.2) is 12.1 Å². The van der Waals surface area contributed by atoms with E-state index in [1.165, 1.54) is 12.8 Å². The molecule has 1 fully saturated rings. The van der Waals surface area contributed by atoms with Gasteiger partial charge in [-0.3, -0.25) is 0 Å². The largest absolute Gasteiger partial charge is 0.397 e. The molecule has 0 spiro atoms. The molecule has 0 atom stereocenters. The van der Waals surface area contributed by atoms with Crippen molar-refractivity contribution in [2.75, 3.05) is 37.4 Å². The van der Waals surface area contributed by atoms with Gasteiger partial charge in [0.2, 0.25) is 0 Å². The maximum absolute atomic E-state index is 5.75. The van der Waals surface area contributed by atoms with Crippen LogP contribution in [-0.2, 0) is 4.74 Å².